The molecule has 23 heavy (non-hydrogen) atoms. The van der Waals surface area contributed by atoms with E-state index in [1.165, 1.54) is 5.56 Å². The van der Waals surface area contributed by atoms with Gasteiger partial charge in [0.25, 0.3) is 0 Å². The number of hydrogen-bond donors (Lipinski definition) is 0. The second-order valence-corrected chi connectivity index (χ2v) is 7.80. The number of benzene rings is 1. The van der Waals surface area contributed by atoms with E-state index < -0.39 is 5.60 Å². The van der Waals surface area contributed by atoms with Gasteiger partial charge in [0, 0.05) is 13.1 Å². The molecule has 2 fully saturated rings. The van der Waals surface area contributed by atoms with E-state index in [0.717, 1.165) is 25.9 Å². The Balaban J connectivity index is 1.45. The molecule has 0 radical (unpaired) electrons. The van der Waals surface area contributed by atoms with Crippen LogP contribution in [0.2, 0.25) is 0 Å². The molecule has 2 unspecified atom stereocenters. The zero-order valence-corrected chi connectivity index (χ0v) is 14.3. The summed E-state index contributed by atoms with van der Waals surface area (Å²) in [6, 6.07) is 10.3. The molecule has 0 spiro atoms. The molecule has 1 amide bonds. The fourth-order valence-corrected chi connectivity index (χ4v) is 3.64. The number of fused-ring (bicyclic) bond motifs is 1. The smallest absolute Gasteiger partial charge is 0.410 e. The van der Waals surface area contributed by atoms with Crippen molar-refractivity contribution in [3.05, 3.63) is 35.9 Å². The molecule has 1 saturated carbocycles. The van der Waals surface area contributed by atoms with Gasteiger partial charge in [-0.2, -0.15) is 0 Å². The summed E-state index contributed by atoms with van der Waals surface area (Å²) in [6.07, 6.45) is 2.26. The van der Waals surface area contributed by atoms with E-state index in [4.69, 9.17) is 9.47 Å². The van der Waals surface area contributed by atoms with Gasteiger partial charge in [-0.15, -0.1) is 0 Å². The highest BCUT2D eigenvalue weighted by molar-refractivity contribution is 5.68. The first-order valence-corrected chi connectivity index (χ1v) is 8.54. The lowest BCUT2D eigenvalue weighted by Crippen LogP contribution is -2.36. The van der Waals surface area contributed by atoms with Gasteiger partial charge in [0.1, 0.15) is 5.60 Å². The molecule has 4 nitrogen and oxygen atoms in total. The van der Waals surface area contributed by atoms with Crippen LogP contribution in [0.1, 0.15) is 39.2 Å². The van der Waals surface area contributed by atoms with Gasteiger partial charge < -0.3 is 14.4 Å². The standard InChI is InChI=1S/C19H27NO3/c1-19(2,3)23-18(21)20-11-15-9-17(10-16(15)12-20)22-13-14-7-5-4-6-8-14/h4-8,15-17H,9-13H2,1-3H3. The summed E-state index contributed by atoms with van der Waals surface area (Å²) in [5.74, 6) is 1.12. The minimum atomic E-state index is -0.421. The summed E-state index contributed by atoms with van der Waals surface area (Å²) >= 11 is 0. The van der Waals surface area contributed by atoms with Gasteiger partial charge in [0.2, 0.25) is 0 Å². The normalized spacial score (nSPS) is 27.1. The molecule has 1 aliphatic heterocycles. The molecule has 1 heterocycles. The molecule has 1 aromatic rings. The van der Waals surface area contributed by atoms with Crippen LogP contribution in [0.4, 0.5) is 4.79 Å². The van der Waals surface area contributed by atoms with Crippen molar-refractivity contribution in [1.82, 2.24) is 4.90 Å². The molecule has 1 aliphatic carbocycles. The third-order valence-electron chi connectivity index (χ3n) is 4.69. The molecule has 126 valence electrons. The van der Waals surface area contributed by atoms with E-state index in [2.05, 4.69) is 12.1 Å². The Hall–Kier alpha value is -1.55. The molecule has 3 rings (SSSR count). The zero-order valence-electron chi connectivity index (χ0n) is 14.3. The molecule has 0 aromatic heterocycles. The van der Waals surface area contributed by atoms with Gasteiger partial charge >= 0.3 is 6.09 Å². The first kappa shape index (κ1) is 16.3. The van der Waals surface area contributed by atoms with Crippen LogP contribution in [0, 0.1) is 11.8 Å². The lowest BCUT2D eigenvalue weighted by Gasteiger charge is -2.25. The lowest BCUT2D eigenvalue weighted by atomic mass is 10.0. The maximum Gasteiger partial charge on any atom is 0.410 e. The van der Waals surface area contributed by atoms with Crippen molar-refractivity contribution in [3.63, 3.8) is 0 Å². The first-order chi connectivity index (χ1) is 10.9. The van der Waals surface area contributed by atoms with Gasteiger partial charge in [-0.1, -0.05) is 30.3 Å². The zero-order chi connectivity index (χ0) is 16.4. The summed E-state index contributed by atoms with van der Waals surface area (Å²) in [4.78, 5) is 14.0. The largest absolute Gasteiger partial charge is 0.444 e. The van der Waals surface area contributed by atoms with Crippen molar-refractivity contribution in [1.29, 1.82) is 0 Å². The van der Waals surface area contributed by atoms with E-state index in [9.17, 15) is 4.79 Å². The average Bonchev–Trinajstić information content (AvgIpc) is 3.02. The molecule has 0 bridgehead atoms. The van der Waals surface area contributed by atoms with Crippen LogP contribution in [0.5, 0.6) is 0 Å². The Kier molecular flexibility index (Phi) is 4.62. The van der Waals surface area contributed by atoms with Crippen LogP contribution in [0.25, 0.3) is 0 Å². The number of ether oxygens (including phenoxy) is 2. The molecule has 0 N–H and O–H groups in total. The second-order valence-electron chi connectivity index (χ2n) is 7.80. The van der Waals surface area contributed by atoms with Crippen molar-refractivity contribution in [2.24, 2.45) is 11.8 Å². The number of carbonyl (C=O) groups is 1. The number of nitrogens with zero attached hydrogens (tertiary/aromatic N) is 1. The summed E-state index contributed by atoms with van der Waals surface area (Å²) < 4.78 is 11.5. The monoisotopic (exact) mass is 317 g/mol. The minimum absolute atomic E-state index is 0.173. The number of likely N-dealkylation sites (tertiary alicyclic amines) is 1. The first-order valence-electron chi connectivity index (χ1n) is 8.54. The van der Waals surface area contributed by atoms with Crippen molar-refractivity contribution in [3.8, 4) is 0 Å². The van der Waals surface area contributed by atoms with Crippen molar-refractivity contribution < 1.29 is 14.3 Å². The number of amides is 1. The van der Waals surface area contributed by atoms with E-state index in [1.54, 1.807) is 0 Å². The average molecular weight is 317 g/mol. The minimum Gasteiger partial charge on any atom is -0.444 e. The van der Waals surface area contributed by atoms with Gasteiger partial charge in [0.15, 0.2) is 0 Å². The van der Waals surface area contributed by atoms with Crippen LogP contribution in [-0.2, 0) is 16.1 Å². The van der Waals surface area contributed by atoms with E-state index >= 15 is 0 Å². The highest BCUT2D eigenvalue weighted by atomic mass is 16.6. The fourth-order valence-electron chi connectivity index (χ4n) is 3.64. The Morgan fingerprint density at radius 2 is 1.74 bits per heavy atom. The van der Waals surface area contributed by atoms with Crippen LogP contribution in [-0.4, -0.2) is 35.8 Å². The van der Waals surface area contributed by atoms with Gasteiger partial charge in [-0.05, 0) is 51.0 Å². The molecule has 2 atom stereocenters. The summed E-state index contributed by atoms with van der Waals surface area (Å²) in [5.41, 5.74) is 0.802. The molecule has 1 saturated heterocycles. The van der Waals surface area contributed by atoms with Gasteiger partial charge in [0.05, 0.1) is 12.7 Å². The lowest BCUT2D eigenvalue weighted by molar-refractivity contribution is 0.0205. The predicted molar refractivity (Wildman–Crippen MR) is 89.0 cm³/mol. The summed E-state index contributed by atoms with van der Waals surface area (Å²) in [5, 5.41) is 0. The van der Waals surface area contributed by atoms with Crippen LogP contribution >= 0.6 is 0 Å². The fraction of sp³-hybridized carbons (Fsp3) is 0.632. The summed E-state index contributed by atoms with van der Waals surface area (Å²) in [6.45, 7) is 8.04. The molecule has 2 aliphatic rings. The topological polar surface area (TPSA) is 38.8 Å². The number of rotatable bonds is 3. The maximum atomic E-state index is 12.2. The van der Waals surface area contributed by atoms with E-state index in [0.29, 0.717) is 24.5 Å². The molecular formula is C19H27NO3. The van der Waals surface area contributed by atoms with Crippen molar-refractivity contribution in [2.75, 3.05) is 13.1 Å². The number of hydrogen-bond acceptors (Lipinski definition) is 3. The van der Waals surface area contributed by atoms with E-state index in [1.807, 2.05) is 43.9 Å². The molecule has 4 heteroatoms. The van der Waals surface area contributed by atoms with Crippen LogP contribution in [0.3, 0.4) is 0 Å². The van der Waals surface area contributed by atoms with E-state index in [-0.39, 0.29) is 6.09 Å². The van der Waals surface area contributed by atoms with Gasteiger partial charge in [-0.3, -0.25) is 0 Å². The Morgan fingerprint density at radius 1 is 1.13 bits per heavy atom. The quantitative estimate of drug-likeness (QED) is 0.850. The predicted octanol–water partition coefficient (Wildman–Crippen LogP) is 3.85. The second kappa shape index (κ2) is 6.52. The van der Waals surface area contributed by atoms with Crippen molar-refractivity contribution in [2.45, 2.75) is 51.9 Å². The molecule has 1 aromatic carbocycles. The highest BCUT2D eigenvalue weighted by Crippen LogP contribution is 2.40. The summed E-state index contributed by atoms with van der Waals surface area (Å²) in [7, 11) is 0. The van der Waals surface area contributed by atoms with Crippen LogP contribution < -0.4 is 0 Å². The Morgan fingerprint density at radius 3 is 2.30 bits per heavy atom. The third-order valence-corrected chi connectivity index (χ3v) is 4.69. The SMILES string of the molecule is CC(C)(C)OC(=O)N1CC2CC(OCc3ccccc3)CC2C1. The van der Waals surface area contributed by atoms with Crippen molar-refractivity contribution >= 4 is 6.09 Å². The highest BCUT2D eigenvalue weighted by Gasteiger charge is 2.43. The van der Waals surface area contributed by atoms with Gasteiger partial charge in [-0.25, -0.2) is 4.79 Å². The molecular weight excluding hydrogens is 290 g/mol. The number of carbonyl (C=O) groups excluding carboxylic acids is 1. The maximum absolute atomic E-state index is 12.2. The Labute approximate surface area is 138 Å². The van der Waals surface area contributed by atoms with Crippen LogP contribution in [0.15, 0.2) is 30.3 Å². The third kappa shape index (κ3) is 4.25. The Bertz CT molecular complexity index is 523.